The predicted molar refractivity (Wildman–Crippen MR) is 80.4 cm³/mol. The summed E-state index contributed by atoms with van der Waals surface area (Å²) >= 11 is 0. The number of benzene rings is 1. The molecule has 1 aliphatic rings. The maximum absolute atomic E-state index is 12.4. The molecule has 0 aromatic heterocycles. The topological polar surface area (TPSA) is 119 Å². The van der Waals surface area contributed by atoms with Gasteiger partial charge < -0.3 is 30.3 Å². The van der Waals surface area contributed by atoms with E-state index in [1.54, 1.807) is 4.90 Å². The highest BCUT2D eigenvalue weighted by atomic mass is 16.5. The third kappa shape index (κ3) is 4.04. The summed E-state index contributed by atoms with van der Waals surface area (Å²) in [6.07, 6.45) is 1.22. The number of nitrogens with zero attached hydrogens (tertiary/aromatic N) is 1. The Labute approximate surface area is 133 Å². The molecule has 126 valence electrons. The Morgan fingerprint density at radius 3 is 2.30 bits per heavy atom. The van der Waals surface area contributed by atoms with Crippen molar-refractivity contribution in [1.29, 1.82) is 0 Å². The number of carbonyl (C=O) groups excluding carboxylic acids is 2. The van der Waals surface area contributed by atoms with Gasteiger partial charge in [-0.05, 0) is 25.0 Å². The maximum atomic E-state index is 12.4. The molecule has 0 radical (unpaired) electrons. The zero-order chi connectivity index (χ0) is 17.0. The van der Waals surface area contributed by atoms with E-state index in [4.69, 9.17) is 4.74 Å². The quantitative estimate of drug-likeness (QED) is 0.586. The van der Waals surface area contributed by atoms with E-state index in [-0.39, 0.29) is 30.0 Å². The minimum absolute atomic E-state index is 0.00517. The van der Waals surface area contributed by atoms with Gasteiger partial charge in [-0.2, -0.15) is 0 Å². The second kappa shape index (κ2) is 7.19. The Morgan fingerprint density at radius 2 is 1.78 bits per heavy atom. The van der Waals surface area contributed by atoms with E-state index < -0.39 is 17.2 Å². The molecule has 0 aliphatic carbocycles. The van der Waals surface area contributed by atoms with Crippen LogP contribution in [0, 0.1) is 0 Å². The van der Waals surface area contributed by atoms with Crippen LogP contribution in [0.25, 0.3) is 0 Å². The van der Waals surface area contributed by atoms with Crippen LogP contribution in [-0.4, -0.2) is 64.9 Å². The van der Waals surface area contributed by atoms with Gasteiger partial charge in [0.05, 0.1) is 0 Å². The summed E-state index contributed by atoms with van der Waals surface area (Å²) in [5.74, 6) is -2.28. The van der Waals surface area contributed by atoms with Crippen LogP contribution < -0.4 is 5.32 Å². The lowest BCUT2D eigenvalue weighted by Crippen LogP contribution is -2.47. The van der Waals surface area contributed by atoms with Gasteiger partial charge in [-0.3, -0.25) is 9.59 Å². The highest BCUT2D eigenvalue weighted by Gasteiger charge is 2.25. The van der Waals surface area contributed by atoms with Gasteiger partial charge in [0, 0.05) is 31.8 Å². The molecule has 0 spiro atoms. The highest BCUT2D eigenvalue weighted by molar-refractivity contribution is 5.95. The van der Waals surface area contributed by atoms with Crippen molar-refractivity contribution in [2.75, 3.05) is 26.8 Å². The van der Waals surface area contributed by atoms with Crippen LogP contribution in [0.3, 0.4) is 0 Å². The van der Waals surface area contributed by atoms with E-state index >= 15 is 0 Å². The molecule has 1 aliphatic heterocycles. The minimum Gasteiger partial charge on any atom is -0.504 e. The predicted octanol–water partition coefficient (Wildman–Crippen LogP) is 0.171. The molecular formula is C15H20N2O6. The second-order valence-electron chi connectivity index (χ2n) is 5.43. The van der Waals surface area contributed by atoms with E-state index in [9.17, 15) is 24.9 Å². The zero-order valence-electron chi connectivity index (χ0n) is 12.8. The van der Waals surface area contributed by atoms with Gasteiger partial charge in [-0.15, -0.1) is 0 Å². The molecule has 2 amide bonds. The third-order valence-electron chi connectivity index (χ3n) is 3.74. The molecule has 1 aromatic rings. The van der Waals surface area contributed by atoms with Gasteiger partial charge in [0.15, 0.2) is 17.2 Å². The van der Waals surface area contributed by atoms with Gasteiger partial charge in [-0.25, -0.2) is 0 Å². The number of methoxy groups -OCH3 is 1. The number of rotatable bonds is 4. The SMILES string of the molecule is COCC(=O)NC1CCN(C(=O)c2cc(O)c(O)c(O)c2)CC1. The van der Waals surface area contributed by atoms with E-state index in [0.717, 1.165) is 12.1 Å². The van der Waals surface area contributed by atoms with Crippen LogP contribution in [-0.2, 0) is 9.53 Å². The van der Waals surface area contributed by atoms with Crippen molar-refractivity contribution < 1.29 is 29.6 Å². The van der Waals surface area contributed by atoms with Crippen molar-refractivity contribution in [1.82, 2.24) is 10.2 Å². The fourth-order valence-electron chi connectivity index (χ4n) is 2.54. The van der Waals surface area contributed by atoms with Gasteiger partial charge in [0.2, 0.25) is 5.91 Å². The van der Waals surface area contributed by atoms with Gasteiger partial charge in [0.1, 0.15) is 6.61 Å². The van der Waals surface area contributed by atoms with E-state index in [2.05, 4.69) is 5.32 Å². The lowest BCUT2D eigenvalue weighted by atomic mass is 10.0. The van der Waals surface area contributed by atoms with Crippen molar-refractivity contribution >= 4 is 11.8 Å². The maximum Gasteiger partial charge on any atom is 0.254 e. The summed E-state index contributed by atoms with van der Waals surface area (Å²) in [7, 11) is 1.45. The van der Waals surface area contributed by atoms with Gasteiger partial charge in [0.25, 0.3) is 5.91 Å². The third-order valence-corrected chi connectivity index (χ3v) is 3.74. The Balaban J connectivity index is 1.95. The normalized spacial score (nSPS) is 15.4. The van der Waals surface area contributed by atoms with E-state index in [0.29, 0.717) is 25.9 Å². The standard InChI is InChI=1S/C15H20N2O6/c1-23-8-13(20)16-10-2-4-17(5-3-10)15(22)9-6-11(18)14(21)12(19)7-9/h6-7,10,18-19,21H,2-5,8H2,1H3,(H,16,20). The summed E-state index contributed by atoms with van der Waals surface area (Å²) < 4.78 is 4.75. The molecule has 1 fully saturated rings. The molecule has 0 saturated carbocycles. The number of amides is 2. The Kier molecular flexibility index (Phi) is 5.28. The number of carbonyl (C=O) groups is 2. The van der Waals surface area contributed by atoms with Crippen LogP contribution in [0.1, 0.15) is 23.2 Å². The van der Waals surface area contributed by atoms with Crippen molar-refractivity contribution in [3.8, 4) is 17.2 Å². The van der Waals surface area contributed by atoms with Crippen molar-refractivity contribution in [3.05, 3.63) is 17.7 Å². The van der Waals surface area contributed by atoms with Crippen molar-refractivity contribution in [2.24, 2.45) is 0 Å². The first kappa shape index (κ1) is 16.9. The van der Waals surface area contributed by atoms with Crippen LogP contribution in [0.4, 0.5) is 0 Å². The first-order chi connectivity index (χ1) is 10.9. The number of phenolic OH excluding ortho intramolecular Hbond substituents is 3. The number of nitrogens with one attached hydrogen (secondary N) is 1. The van der Waals surface area contributed by atoms with E-state index in [1.165, 1.54) is 7.11 Å². The van der Waals surface area contributed by atoms with Gasteiger partial charge in [-0.1, -0.05) is 0 Å². The molecule has 1 aromatic carbocycles. The molecule has 0 unspecified atom stereocenters. The highest BCUT2D eigenvalue weighted by Crippen LogP contribution is 2.35. The molecule has 1 saturated heterocycles. The fraction of sp³-hybridized carbons (Fsp3) is 0.467. The van der Waals surface area contributed by atoms with Gasteiger partial charge >= 0.3 is 0 Å². The zero-order valence-corrected chi connectivity index (χ0v) is 12.8. The van der Waals surface area contributed by atoms with Crippen LogP contribution >= 0.6 is 0 Å². The van der Waals surface area contributed by atoms with Crippen LogP contribution in [0.2, 0.25) is 0 Å². The molecular weight excluding hydrogens is 304 g/mol. The number of aromatic hydroxyl groups is 3. The first-order valence-electron chi connectivity index (χ1n) is 7.25. The molecule has 0 atom stereocenters. The largest absolute Gasteiger partial charge is 0.504 e. The average molecular weight is 324 g/mol. The Hall–Kier alpha value is -2.48. The van der Waals surface area contributed by atoms with E-state index in [1.807, 2.05) is 0 Å². The Bertz CT molecular complexity index is 573. The van der Waals surface area contributed by atoms with Crippen molar-refractivity contribution in [3.63, 3.8) is 0 Å². The number of ether oxygens (including phenoxy) is 1. The number of likely N-dealkylation sites (tertiary alicyclic amines) is 1. The van der Waals surface area contributed by atoms with Crippen LogP contribution in [0.15, 0.2) is 12.1 Å². The van der Waals surface area contributed by atoms with Crippen LogP contribution in [0.5, 0.6) is 17.2 Å². The summed E-state index contributed by atoms with van der Waals surface area (Å²) in [6.45, 7) is 0.892. The molecule has 2 rings (SSSR count). The molecule has 23 heavy (non-hydrogen) atoms. The number of phenols is 3. The molecule has 4 N–H and O–H groups in total. The number of hydrogen-bond acceptors (Lipinski definition) is 6. The molecule has 1 heterocycles. The molecule has 0 bridgehead atoms. The summed E-state index contributed by atoms with van der Waals surface area (Å²) in [5.41, 5.74) is 0.0969. The number of piperidine rings is 1. The Morgan fingerprint density at radius 1 is 1.22 bits per heavy atom. The monoisotopic (exact) mass is 324 g/mol. The summed E-state index contributed by atoms with van der Waals surface area (Å²) in [6, 6.07) is 2.22. The first-order valence-corrected chi connectivity index (χ1v) is 7.25. The van der Waals surface area contributed by atoms with Crippen molar-refractivity contribution in [2.45, 2.75) is 18.9 Å². The summed E-state index contributed by atoms with van der Waals surface area (Å²) in [4.78, 5) is 25.4. The molecule has 8 nitrogen and oxygen atoms in total. The molecule has 8 heteroatoms. The number of hydrogen-bond donors (Lipinski definition) is 4. The fourth-order valence-corrected chi connectivity index (χ4v) is 2.54. The minimum atomic E-state index is -0.652. The average Bonchev–Trinajstić information content (AvgIpc) is 2.52. The summed E-state index contributed by atoms with van der Waals surface area (Å²) in [5, 5.41) is 31.1. The second-order valence-corrected chi connectivity index (χ2v) is 5.43. The lowest BCUT2D eigenvalue weighted by molar-refractivity contribution is -0.125. The lowest BCUT2D eigenvalue weighted by Gasteiger charge is -2.32. The smallest absolute Gasteiger partial charge is 0.254 e.